The Morgan fingerprint density at radius 2 is 1.41 bits per heavy atom. The van der Waals surface area contributed by atoms with Crippen LogP contribution in [0.15, 0.2) is 0 Å². The van der Waals surface area contributed by atoms with Gasteiger partial charge in [-0.2, -0.15) is 0 Å². The van der Waals surface area contributed by atoms with Gasteiger partial charge in [-0.25, -0.2) is 4.39 Å². The molecule has 0 spiro atoms. The predicted octanol–water partition coefficient (Wildman–Crippen LogP) is 3.16. The van der Waals surface area contributed by atoms with Crippen LogP contribution >= 0.6 is 0 Å². The first-order chi connectivity index (χ1) is 7.50. The third-order valence-electron chi connectivity index (χ3n) is 2.21. The molecule has 1 rings (SSSR count). The maximum Gasteiger partial charge on any atom is 0.165 e. The van der Waals surface area contributed by atoms with Crippen LogP contribution in [-0.4, -0.2) is 29.2 Å². The highest BCUT2D eigenvalue weighted by Gasteiger charge is 2.35. The maximum absolute atomic E-state index is 11.6. The molecule has 0 bridgehead atoms. The molecule has 1 saturated carbocycles. The second kappa shape index (κ2) is 6.41. The zero-order chi connectivity index (χ0) is 13.9. The summed E-state index contributed by atoms with van der Waals surface area (Å²) >= 11 is 0. The molecular weight excluding hydrogens is 259 g/mol. The lowest BCUT2D eigenvalue weighted by atomic mass is 10.3. The monoisotopic (exact) mass is 284 g/mol. The Morgan fingerprint density at radius 3 is 1.47 bits per heavy atom. The summed E-state index contributed by atoms with van der Waals surface area (Å²) in [6, 6.07) is -0.733. The van der Waals surface area contributed by atoms with Crippen LogP contribution in [0.2, 0.25) is 0 Å². The maximum atomic E-state index is 11.6. The standard InChI is InChI=1S/C7H14OS.C5H11FOS/c1-7(2,3)9(8)6-4-5-6;1-5(2,3)8(7)4-6/h6H,4-5H2,1-3H3;4H2,1-3H3. The summed E-state index contributed by atoms with van der Waals surface area (Å²) < 4.78 is 33.1. The lowest BCUT2D eigenvalue weighted by Crippen LogP contribution is -2.24. The van der Waals surface area contributed by atoms with E-state index in [1.807, 2.05) is 20.8 Å². The van der Waals surface area contributed by atoms with E-state index in [1.54, 1.807) is 20.8 Å². The number of halogens is 1. The molecule has 2 nitrogen and oxygen atoms in total. The fourth-order valence-electron chi connectivity index (χ4n) is 0.946. The number of alkyl halides is 1. The molecule has 0 N–H and O–H groups in total. The van der Waals surface area contributed by atoms with Crippen molar-refractivity contribution in [3.05, 3.63) is 0 Å². The number of rotatable bonds is 2. The minimum atomic E-state index is -1.31. The van der Waals surface area contributed by atoms with Gasteiger partial charge in [0.1, 0.15) is 0 Å². The molecule has 0 aliphatic heterocycles. The van der Waals surface area contributed by atoms with Crippen LogP contribution in [0.1, 0.15) is 54.4 Å². The van der Waals surface area contributed by atoms with Crippen molar-refractivity contribution < 1.29 is 12.8 Å². The van der Waals surface area contributed by atoms with E-state index in [4.69, 9.17) is 0 Å². The van der Waals surface area contributed by atoms with Crippen LogP contribution in [-0.2, 0) is 21.6 Å². The fraction of sp³-hybridized carbons (Fsp3) is 1.00. The van der Waals surface area contributed by atoms with Crippen molar-refractivity contribution in [2.24, 2.45) is 0 Å². The van der Waals surface area contributed by atoms with Crippen LogP contribution in [0.3, 0.4) is 0 Å². The Kier molecular flexibility index (Phi) is 6.50. The molecule has 0 aromatic rings. The van der Waals surface area contributed by atoms with Crippen molar-refractivity contribution in [3.8, 4) is 0 Å². The molecule has 0 aromatic carbocycles. The van der Waals surface area contributed by atoms with Gasteiger partial charge in [0.05, 0.1) is 10.8 Å². The van der Waals surface area contributed by atoms with Gasteiger partial charge in [0.15, 0.2) is 6.01 Å². The Hall–Kier alpha value is 0.230. The third kappa shape index (κ3) is 7.29. The van der Waals surface area contributed by atoms with Gasteiger partial charge in [-0.15, -0.1) is 0 Å². The van der Waals surface area contributed by atoms with Crippen molar-refractivity contribution in [1.29, 1.82) is 0 Å². The van der Waals surface area contributed by atoms with Gasteiger partial charge < -0.3 is 0 Å². The van der Waals surface area contributed by atoms with Crippen LogP contribution < -0.4 is 0 Å². The molecular formula is C12H25FO2S2. The molecule has 1 aliphatic carbocycles. The van der Waals surface area contributed by atoms with E-state index in [9.17, 15) is 12.8 Å². The Labute approximate surface area is 110 Å². The first-order valence-corrected chi connectivity index (χ1v) is 8.38. The zero-order valence-corrected chi connectivity index (χ0v) is 13.3. The topological polar surface area (TPSA) is 34.1 Å². The fourth-order valence-corrected chi connectivity index (χ4v) is 2.84. The smallest absolute Gasteiger partial charge is 0.165 e. The molecule has 5 heteroatoms. The zero-order valence-electron chi connectivity index (χ0n) is 11.7. The van der Waals surface area contributed by atoms with E-state index in [0.29, 0.717) is 5.25 Å². The van der Waals surface area contributed by atoms with Crippen molar-refractivity contribution in [2.75, 3.05) is 6.01 Å². The summed E-state index contributed by atoms with van der Waals surface area (Å²) in [6.07, 6.45) is 2.37. The molecule has 0 saturated heterocycles. The molecule has 0 heterocycles. The Balaban J connectivity index is 0.000000304. The predicted molar refractivity (Wildman–Crippen MR) is 74.8 cm³/mol. The van der Waals surface area contributed by atoms with E-state index in [-0.39, 0.29) is 4.75 Å². The van der Waals surface area contributed by atoms with E-state index in [2.05, 4.69) is 0 Å². The summed E-state index contributed by atoms with van der Waals surface area (Å²) in [5, 5.41) is 0.532. The van der Waals surface area contributed by atoms with Gasteiger partial charge in [-0.05, 0) is 54.4 Å². The van der Waals surface area contributed by atoms with E-state index in [1.165, 1.54) is 12.8 Å². The van der Waals surface area contributed by atoms with E-state index in [0.717, 1.165) is 0 Å². The van der Waals surface area contributed by atoms with Crippen LogP contribution in [0, 0.1) is 0 Å². The number of hydrogen-bond donors (Lipinski definition) is 0. The largest absolute Gasteiger partial charge is 0.259 e. The van der Waals surface area contributed by atoms with Crippen LogP contribution in [0.5, 0.6) is 0 Å². The molecule has 2 atom stereocenters. The normalized spacial score (nSPS) is 20.2. The highest BCUT2D eigenvalue weighted by atomic mass is 32.2. The van der Waals surface area contributed by atoms with E-state index < -0.39 is 32.4 Å². The van der Waals surface area contributed by atoms with E-state index >= 15 is 0 Å². The van der Waals surface area contributed by atoms with Gasteiger partial charge in [-0.3, -0.25) is 8.42 Å². The summed E-state index contributed by atoms with van der Waals surface area (Å²) in [7, 11) is -1.89. The molecule has 1 fully saturated rings. The van der Waals surface area contributed by atoms with Crippen molar-refractivity contribution in [1.82, 2.24) is 0 Å². The van der Waals surface area contributed by atoms with Gasteiger partial charge in [-0.1, -0.05) is 0 Å². The van der Waals surface area contributed by atoms with Crippen molar-refractivity contribution in [2.45, 2.75) is 69.1 Å². The van der Waals surface area contributed by atoms with Gasteiger partial charge >= 0.3 is 0 Å². The third-order valence-corrected chi connectivity index (χ3v) is 6.06. The second-order valence-electron chi connectivity index (χ2n) is 6.18. The SMILES string of the molecule is CC(C)(C)S(=O)C1CC1.CC(C)(C)S(=O)CF. The molecule has 0 aromatic heterocycles. The van der Waals surface area contributed by atoms with Gasteiger partial charge in [0, 0.05) is 25.5 Å². The molecule has 0 radical (unpaired) electrons. The minimum absolute atomic E-state index is 0.0150. The van der Waals surface area contributed by atoms with Crippen LogP contribution in [0.25, 0.3) is 0 Å². The van der Waals surface area contributed by atoms with Gasteiger partial charge in [0.2, 0.25) is 0 Å². The van der Waals surface area contributed by atoms with Crippen molar-refractivity contribution in [3.63, 3.8) is 0 Å². The molecule has 0 amide bonds. The Morgan fingerprint density at radius 1 is 1.00 bits per heavy atom. The Bertz CT molecular complexity index is 286. The summed E-state index contributed by atoms with van der Waals surface area (Å²) in [4.78, 5) is 0. The van der Waals surface area contributed by atoms with Gasteiger partial charge in [0.25, 0.3) is 0 Å². The van der Waals surface area contributed by atoms with Crippen LogP contribution in [0.4, 0.5) is 4.39 Å². The lowest BCUT2D eigenvalue weighted by Gasteiger charge is -2.16. The highest BCUT2D eigenvalue weighted by molar-refractivity contribution is 7.87. The summed E-state index contributed by atoms with van der Waals surface area (Å²) in [6.45, 7) is 11.4. The molecule has 2 unspecified atom stereocenters. The molecule has 1 aliphatic rings. The minimum Gasteiger partial charge on any atom is -0.259 e. The first-order valence-electron chi connectivity index (χ1n) is 5.85. The average molecular weight is 284 g/mol. The molecule has 104 valence electrons. The lowest BCUT2D eigenvalue weighted by molar-refractivity contribution is 0.564. The first kappa shape index (κ1) is 17.2. The van der Waals surface area contributed by atoms with Crippen molar-refractivity contribution >= 4 is 21.6 Å². The second-order valence-corrected chi connectivity index (χ2v) is 10.8. The summed E-state index contributed by atoms with van der Waals surface area (Å²) in [5.74, 6) is 0. The summed E-state index contributed by atoms with van der Waals surface area (Å²) in [5.41, 5.74) is 0. The number of hydrogen-bond acceptors (Lipinski definition) is 2. The highest BCUT2D eigenvalue weighted by Crippen LogP contribution is 2.32. The average Bonchev–Trinajstić information content (AvgIpc) is 2.96. The molecule has 17 heavy (non-hydrogen) atoms. The quantitative estimate of drug-likeness (QED) is 0.780.